The van der Waals surface area contributed by atoms with E-state index in [1.807, 2.05) is 30.5 Å². The number of aromatic nitrogens is 1. The van der Waals surface area contributed by atoms with Crippen LogP contribution in [0.4, 0.5) is 16.5 Å². The molecule has 0 bridgehead atoms. The highest BCUT2D eigenvalue weighted by molar-refractivity contribution is 7.13. The Morgan fingerprint density at radius 1 is 0.914 bits per heavy atom. The largest absolute Gasteiger partial charge is 0.495 e. The van der Waals surface area contributed by atoms with Gasteiger partial charge in [-0.15, -0.1) is 21.6 Å². The van der Waals surface area contributed by atoms with E-state index >= 15 is 0 Å². The number of hydrogen-bond acceptors (Lipinski definition) is 12. The molecule has 0 amide bonds. The quantitative estimate of drug-likeness (QED) is 0.226. The number of rotatable bonds is 8. The molecule has 0 saturated carbocycles. The Morgan fingerprint density at radius 2 is 1.57 bits per heavy atom. The minimum atomic E-state index is 0.270. The molecule has 0 N–H and O–H groups in total. The van der Waals surface area contributed by atoms with Crippen molar-refractivity contribution in [2.45, 2.75) is 13.5 Å². The minimum absolute atomic E-state index is 0.270. The first-order chi connectivity index (χ1) is 17.3. The van der Waals surface area contributed by atoms with Crippen LogP contribution in [0.5, 0.6) is 5.75 Å². The fourth-order valence-electron chi connectivity index (χ4n) is 3.15. The first-order valence-corrected chi connectivity index (χ1v) is 12.5. The number of hydrogen-bond donors (Lipinski definition) is 0. The number of methoxy groups -OCH3 is 1. The van der Waals surface area contributed by atoms with Gasteiger partial charge in [-0.3, -0.25) is 0 Å². The summed E-state index contributed by atoms with van der Waals surface area (Å²) < 4.78 is 28.1. The maximum Gasteiger partial charge on any atom is 0.230 e. The number of thiazole rings is 1. The molecule has 3 rings (SSSR count). The zero-order chi connectivity index (χ0) is 24.6. The summed E-state index contributed by atoms with van der Waals surface area (Å²) in [4.78, 5) is 16.5. The van der Waals surface area contributed by atoms with E-state index in [1.165, 1.54) is 11.3 Å². The molecule has 1 aromatic heterocycles. The van der Waals surface area contributed by atoms with Crippen LogP contribution in [0.25, 0.3) is 0 Å². The topological polar surface area (TPSA) is 105 Å². The van der Waals surface area contributed by atoms with Gasteiger partial charge >= 0.3 is 0 Å². The van der Waals surface area contributed by atoms with Crippen LogP contribution in [0.2, 0.25) is 0 Å². The van der Waals surface area contributed by atoms with Gasteiger partial charge in [-0.05, 0) is 19.1 Å². The van der Waals surface area contributed by atoms with Crippen LogP contribution in [0.15, 0.2) is 33.8 Å². The van der Waals surface area contributed by atoms with Gasteiger partial charge in [0, 0.05) is 24.5 Å². The van der Waals surface area contributed by atoms with Gasteiger partial charge in [0.1, 0.15) is 12.4 Å². The second kappa shape index (κ2) is 16.5. The van der Waals surface area contributed by atoms with Crippen LogP contribution in [0.3, 0.4) is 0 Å². The van der Waals surface area contributed by atoms with Crippen molar-refractivity contribution < 1.29 is 33.5 Å². The lowest BCUT2D eigenvalue weighted by Crippen LogP contribution is -2.31. The molecule has 2 aromatic rings. The molecule has 0 radical (unpaired) electrons. The predicted molar refractivity (Wildman–Crippen MR) is 131 cm³/mol. The highest BCUT2D eigenvalue weighted by atomic mass is 32.1. The first kappa shape index (κ1) is 27.4. The summed E-state index contributed by atoms with van der Waals surface area (Å²) in [5.74, 6) is 0.691. The maximum atomic E-state index is 5.73. The summed E-state index contributed by atoms with van der Waals surface area (Å²) in [5, 5.41) is 11.0. The monoisotopic (exact) mass is 510 g/mol. The number of benzene rings is 1. The van der Waals surface area contributed by atoms with Gasteiger partial charge in [-0.1, -0.05) is 0 Å². The molecule has 0 spiro atoms. The van der Waals surface area contributed by atoms with Crippen LogP contribution < -0.4 is 9.64 Å². The second-order valence-corrected chi connectivity index (χ2v) is 8.12. The van der Waals surface area contributed by atoms with Crippen LogP contribution in [0, 0.1) is 0 Å². The lowest BCUT2D eigenvalue weighted by Gasteiger charge is -2.26. The van der Waals surface area contributed by atoms with Crippen molar-refractivity contribution in [3.63, 3.8) is 0 Å². The molecular formula is C23H34N4O7S. The molecule has 1 fully saturated rings. The van der Waals surface area contributed by atoms with E-state index in [0.29, 0.717) is 89.1 Å². The van der Waals surface area contributed by atoms with Crippen molar-refractivity contribution in [3.05, 3.63) is 29.3 Å². The molecule has 1 saturated heterocycles. The Morgan fingerprint density at radius 3 is 2.20 bits per heavy atom. The third-order valence-electron chi connectivity index (χ3n) is 4.83. The third kappa shape index (κ3) is 10.1. The summed E-state index contributed by atoms with van der Waals surface area (Å²) in [5.41, 5.74) is 2.33. The molecule has 1 aliphatic rings. The summed E-state index contributed by atoms with van der Waals surface area (Å²) in [6, 6.07) is 5.72. The molecule has 194 valence electrons. The lowest BCUT2D eigenvalue weighted by atomic mass is 10.2. The van der Waals surface area contributed by atoms with Crippen LogP contribution in [-0.4, -0.2) is 84.6 Å². The summed E-state index contributed by atoms with van der Waals surface area (Å²) in [7, 11) is 1.64. The molecular weight excluding hydrogens is 476 g/mol. The van der Waals surface area contributed by atoms with Crippen molar-refractivity contribution in [1.82, 2.24) is 4.98 Å². The zero-order valence-electron chi connectivity index (χ0n) is 20.3. The van der Waals surface area contributed by atoms with Gasteiger partial charge < -0.3 is 28.6 Å². The molecule has 12 heteroatoms. The van der Waals surface area contributed by atoms with Crippen LogP contribution in [-0.2, 0) is 35.3 Å². The first-order valence-electron chi connectivity index (χ1n) is 11.6. The molecule has 0 aliphatic carbocycles. The Labute approximate surface area is 209 Å². The zero-order valence-corrected chi connectivity index (χ0v) is 21.2. The van der Waals surface area contributed by atoms with Crippen molar-refractivity contribution in [2.75, 3.05) is 84.6 Å². The van der Waals surface area contributed by atoms with Gasteiger partial charge in [0.15, 0.2) is 0 Å². The van der Waals surface area contributed by atoms with Gasteiger partial charge in [0.2, 0.25) is 5.13 Å². The Kier molecular flexibility index (Phi) is 12.9. The predicted octanol–water partition coefficient (Wildman–Crippen LogP) is 3.92. The van der Waals surface area contributed by atoms with E-state index in [9.17, 15) is 0 Å². The molecule has 0 atom stereocenters. The number of azo groups is 1. The average Bonchev–Trinajstić information content (AvgIpc) is 3.33. The van der Waals surface area contributed by atoms with E-state index in [4.69, 9.17) is 33.5 Å². The second-order valence-electron chi connectivity index (χ2n) is 7.28. The standard InChI is InChI=1S/C23H34N4O7S/c1-3-33-34-17-20-18-35-23(24-20)26-25-19-4-5-21(22(16-19)28-2)27-6-8-29-10-12-31-14-15-32-13-11-30-9-7-27/h4-5,16,18H,3,6-15,17H2,1-2H3/b26-25+. The smallest absolute Gasteiger partial charge is 0.230 e. The fraction of sp³-hybridized carbons (Fsp3) is 0.609. The molecule has 35 heavy (non-hydrogen) atoms. The van der Waals surface area contributed by atoms with Crippen molar-refractivity contribution in [1.29, 1.82) is 0 Å². The lowest BCUT2D eigenvalue weighted by molar-refractivity contribution is -0.301. The summed E-state index contributed by atoms with van der Waals surface area (Å²) >= 11 is 1.39. The Hall–Kier alpha value is -2.19. The van der Waals surface area contributed by atoms with Crippen LogP contribution in [0.1, 0.15) is 12.6 Å². The Bertz CT molecular complexity index is 867. The molecule has 2 heterocycles. The highest BCUT2D eigenvalue weighted by Crippen LogP contribution is 2.33. The average molecular weight is 511 g/mol. The number of anilines is 1. The summed E-state index contributed by atoms with van der Waals surface area (Å²) in [6.07, 6.45) is 0. The summed E-state index contributed by atoms with van der Waals surface area (Å²) in [6.45, 7) is 8.38. The van der Waals surface area contributed by atoms with Gasteiger partial charge in [-0.25, -0.2) is 14.8 Å². The van der Waals surface area contributed by atoms with Crippen molar-refractivity contribution >= 4 is 27.8 Å². The van der Waals surface area contributed by atoms with Crippen molar-refractivity contribution in [2.24, 2.45) is 10.2 Å². The molecule has 1 aromatic carbocycles. The molecule has 11 nitrogen and oxygen atoms in total. The number of ether oxygens (including phenoxy) is 5. The van der Waals surface area contributed by atoms with Crippen molar-refractivity contribution in [3.8, 4) is 5.75 Å². The van der Waals surface area contributed by atoms with Gasteiger partial charge in [-0.2, -0.15) is 0 Å². The molecule has 1 aliphatic heterocycles. The fourth-order valence-corrected chi connectivity index (χ4v) is 3.77. The normalized spacial score (nSPS) is 17.3. The minimum Gasteiger partial charge on any atom is -0.495 e. The van der Waals surface area contributed by atoms with E-state index in [1.54, 1.807) is 7.11 Å². The van der Waals surface area contributed by atoms with Crippen LogP contribution >= 0.6 is 11.3 Å². The molecule has 0 unspecified atom stereocenters. The highest BCUT2D eigenvalue weighted by Gasteiger charge is 2.14. The Balaban J connectivity index is 1.63. The van der Waals surface area contributed by atoms with E-state index < -0.39 is 0 Å². The van der Waals surface area contributed by atoms with Gasteiger partial charge in [0.25, 0.3) is 0 Å². The third-order valence-corrected chi connectivity index (χ3v) is 5.60. The number of nitrogens with zero attached hydrogens (tertiary/aromatic N) is 4. The van der Waals surface area contributed by atoms with Gasteiger partial charge in [0.05, 0.1) is 83.6 Å². The maximum absolute atomic E-state index is 5.73. The van der Waals surface area contributed by atoms with E-state index in [2.05, 4.69) is 20.1 Å². The van der Waals surface area contributed by atoms with E-state index in [-0.39, 0.29) is 6.61 Å². The SMILES string of the molecule is CCOOCc1csc(/N=N/c2ccc(N3CCOCCOCCOCCOCC3)c(OC)c2)n1. The van der Waals surface area contributed by atoms with E-state index in [0.717, 1.165) is 11.4 Å².